The average molecular weight is 346 g/mol. The van der Waals surface area contributed by atoms with E-state index in [1.165, 1.54) is 23.1 Å². The Morgan fingerprint density at radius 2 is 2.00 bits per heavy atom. The van der Waals surface area contributed by atoms with Crippen LogP contribution in [0.2, 0.25) is 5.02 Å². The van der Waals surface area contributed by atoms with Crippen LogP contribution in [0.1, 0.15) is 15.9 Å². The molecule has 0 atom stereocenters. The maximum atomic E-state index is 12.8. The zero-order chi connectivity index (χ0) is 16.9. The van der Waals surface area contributed by atoms with Gasteiger partial charge in [-0.15, -0.1) is 5.10 Å². The lowest BCUT2D eigenvalue weighted by atomic mass is 10.1. The Balaban J connectivity index is 1.61. The molecule has 0 aliphatic heterocycles. The van der Waals surface area contributed by atoms with Gasteiger partial charge in [-0.1, -0.05) is 23.7 Å². The minimum absolute atomic E-state index is 0.273. The predicted molar refractivity (Wildman–Crippen MR) is 86.6 cm³/mol. The van der Waals surface area contributed by atoms with Crippen molar-refractivity contribution in [1.29, 1.82) is 0 Å². The van der Waals surface area contributed by atoms with E-state index in [1.54, 1.807) is 30.3 Å². The fourth-order valence-corrected chi connectivity index (χ4v) is 2.44. The molecule has 1 amide bonds. The Kier molecular flexibility index (Phi) is 4.81. The van der Waals surface area contributed by atoms with Crippen LogP contribution in [0.25, 0.3) is 5.69 Å². The highest BCUT2D eigenvalue weighted by Gasteiger charge is 2.11. The van der Waals surface area contributed by atoms with Crippen LogP contribution in [0.15, 0.2) is 48.8 Å². The Morgan fingerprint density at radius 1 is 1.21 bits per heavy atom. The van der Waals surface area contributed by atoms with Gasteiger partial charge in [0.2, 0.25) is 0 Å². The van der Waals surface area contributed by atoms with E-state index in [9.17, 15) is 9.18 Å². The highest BCUT2D eigenvalue weighted by Crippen LogP contribution is 2.19. The smallest absolute Gasteiger partial charge is 0.252 e. The summed E-state index contributed by atoms with van der Waals surface area (Å²) >= 11 is 6.17. The van der Waals surface area contributed by atoms with Crippen molar-refractivity contribution in [2.75, 3.05) is 6.54 Å². The summed E-state index contributed by atoms with van der Waals surface area (Å²) in [6.45, 7) is 0.426. The van der Waals surface area contributed by atoms with Crippen molar-refractivity contribution in [3.05, 3.63) is 70.8 Å². The molecule has 0 unspecified atom stereocenters. The van der Waals surface area contributed by atoms with Crippen molar-refractivity contribution in [1.82, 2.24) is 25.5 Å². The molecule has 0 radical (unpaired) electrons. The van der Waals surface area contributed by atoms with Gasteiger partial charge in [0, 0.05) is 6.54 Å². The largest absolute Gasteiger partial charge is 0.352 e. The predicted octanol–water partition coefficient (Wildman–Crippen LogP) is 2.43. The highest BCUT2D eigenvalue weighted by atomic mass is 35.5. The fourth-order valence-electron chi connectivity index (χ4n) is 2.18. The van der Waals surface area contributed by atoms with Gasteiger partial charge in [-0.3, -0.25) is 4.79 Å². The van der Waals surface area contributed by atoms with Gasteiger partial charge in [-0.2, -0.15) is 0 Å². The van der Waals surface area contributed by atoms with E-state index in [2.05, 4.69) is 20.8 Å². The molecule has 1 aromatic heterocycles. The number of carbonyl (C=O) groups is 1. The van der Waals surface area contributed by atoms with Crippen LogP contribution in [-0.4, -0.2) is 32.7 Å². The van der Waals surface area contributed by atoms with E-state index in [4.69, 9.17) is 11.6 Å². The van der Waals surface area contributed by atoms with Crippen LogP contribution in [0.5, 0.6) is 0 Å². The summed E-state index contributed by atoms with van der Waals surface area (Å²) in [5, 5.41) is 14.0. The number of amides is 1. The van der Waals surface area contributed by atoms with Crippen LogP contribution in [0.4, 0.5) is 4.39 Å². The first-order valence-corrected chi connectivity index (χ1v) is 7.57. The molecular formula is C16H13ClFN5O. The SMILES string of the molecule is O=C(NCCc1ccc(F)cc1)c1ccc(-n2cnnn2)cc1Cl. The summed E-state index contributed by atoms with van der Waals surface area (Å²) in [4.78, 5) is 12.2. The monoisotopic (exact) mass is 345 g/mol. The van der Waals surface area contributed by atoms with Crippen molar-refractivity contribution >= 4 is 17.5 Å². The Hall–Kier alpha value is -2.80. The Bertz CT molecular complexity index is 836. The lowest BCUT2D eigenvalue weighted by Crippen LogP contribution is -2.26. The fraction of sp³-hybridized carbons (Fsp3) is 0.125. The number of carbonyl (C=O) groups excluding carboxylic acids is 1. The molecular weight excluding hydrogens is 333 g/mol. The molecule has 0 aliphatic carbocycles. The number of tetrazole rings is 1. The van der Waals surface area contributed by atoms with Crippen molar-refractivity contribution in [2.24, 2.45) is 0 Å². The van der Waals surface area contributed by atoms with E-state index >= 15 is 0 Å². The van der Waals surface area contributed by atoms with Gasteiger partial charge < -0.3 is 5.32 Å². The third-order valence-corrected chi connectivity index (χ3v) is 3.74. The molecule has 6 nitrogen and oxygen atoms in total. The summed E-state index contributed by atoms with van der Waals surface area (Å²) in [5.41, 5.74) is 1.97. The van der Waals surface area contributed by atoms with E-state index in [0.29, 0.717) is 29.2 Å². The van der Waals surface area contributed by atoms with Gasteiger partial charge in [0.05, 0.1) is 16.3 Å². The highest BCUT2D eigenvalue weighted by molar-refractivity contribution is 6.34. The molecule has 0 saturated carbocycles. The topological polar surface area (TPSA) is 72.7 Å². The molecule has 1 heterocycles. The van der Waals surface area contributed by atoms with E-state index in [-0.39, 0.29) is 11.7 Å². The standard InChI is InChI=1S/C16H13ClFN5O/c17-15-9-13(23-10-20-21-22-23)5-6-14(15)16(24)19-8-7-11-1-3-12(18)4-2-11/h1-6,9-10H,7-8H2,(H,19,24). The number of hydrogen-bond donors (Lipinski definition) is 1. The molecule has 0 aliphatic rings. The van der Waals surface area contributed by atoms with Gasteiger partial charge in [-0.25, -0.2) is 9.07 Å². The molecule has 0 spiro atoms. The van der Waals surface area contributed by atoms with Crippen LogP contribution in [0.3, 0.4) is 0 Å². The second-order valence-electron chi connectivity index (χ2n) is 5.05. The third-order valence-electron chi connectivity index (χ3n) is 3.42. The maximum absolute atomic E-state index is 12.8. The van der Waals surface area contributed by atoms with Gasteiger partial charge in [-0.05, 0) is 52.7 Å². The van der Waals surface area contributed by atoms with Gasteiger partial charge in [0.25, 0.3) is 5.91 Å². The zero-order valence-electron chi connectivity index (χ0n) is 12.5. The molecule has 0 bridgehead atoms. The summed E-state index contributed by atoms with van der Waals surface area (Å²) in [6, 6.07) is 11.1. The first kappa shape index (κ1) is 16.1. The Morgan fingerprint density at radius 3 is 2.67 bits per heavy atom. The average Bonchev–Trinajstić information content (AvgIpc) is 3.11. The molecule has 3 aromatic rings. The molecule has 8 heteroatoms. The van der Waals surface area contributed by atoms with Crippen molar-refractivity contribution in [2.45, 2.75) is 6.42 Å². The lowest BCUT2D eigenvalue weighted by molar-refractivity contribution is 0.0954. The molecule has 3 rings (SSSR count). The molecule has 0 saturated heterocycles. The minimum Gasteiger partial charge on any atom is -0.352 e. The number of hydrogen-bond acceptors (Lipinski definition) is 4. The maximum Gasteiger partial charge on any atom is 0.252 e. The first-order chi connectivity index (χ1) is 11.6. The molecule has 122 valence electrons. The molecule has 24 heavy (non-hydrogen) atoms. The minimum atomic E-state index is -0.280. The first-order valence-electron chi connectivity index (χ1n) is 7.19. The van der Waals surface area contributed by atoms with E-state index in [0.717, 1.165) is 5.56 Å². The van der Waals surface area contributed by atoms with Crippen molar-refractivity contribution in [3.8, 4) is 5.69 Å². The van der Waals surface area contributed by atoms with Gasteiger partial charge >= 0.3 is 0 Å². The number of rotatable bonds is 5. The molecule has 2 aromatic carbocycles. The van der Waals surface area contributed by atoms with Crippen molar-refractivity contribution < 1.29 is 9.18 Å². The van der Waals surface area contributed by atoms with Crippen LogP contribution in [0, 0.1) is 5.82 Å². The lowest BCUT2D eigenvalue weighted by Gasteiger charge is -2.08. The quantitative estimate of drug-likeness (QED) is 0.770. The van der Waals surface area contributed by atoms with Crippen LogP contribution in [-0.2, 0) is 6.42 Å². The second kappa shape index (κ2) is 7.18. The Labute approximate surface area is 142 Å². The zero-order valence-corrected chi connectivity index (χ0v) is 13.2. The van der Waals surface area contributed by atoms with E-state index < -0.39 is 0 Å². The van der Waals surface area contributed by atoms with E-state index in [1.807, 2.05) is 0 Å². The summed E-state index contributed by atoms with van der Waals surface area (Å²) in [5.74, 6) is -0.553. The second-order valence-corrected chi connectivity index (χ2v) is 5.46. The number of halogens is 2. The summed E-state index contributed by atoms with van der Waals surface area (Å²) in [7, 11) is 0. The normalized spacial score (nSPS) is 10.6. The molecule has 0 fully saturated rings. The number of benzene rings is 2. The van der Waals surface area contributed by atoms with Crippen LogP contribution < -0.4 is 5.32 Å². The summed E-state index contributed by atoms with van der Waals surface area (Å²) in [6.07, 6.45) is 2.04. The van der Waals surface area contributed by atoms with Crippen molar-refractivity contribution in [3.63, 3.8) is 0 Å². The number of nitrogens with one attached hydrogen (secondary N) is 1. The van der Waals surface area contributed by atoms with Gasteiger partial charge in [0.15, 0.2) is 0 Å². The van der Waals surface area contributed by atoms with Crippen LogP contribution >= 0.6 is 11.6 Å². The summed E-state index contributed by atoms with van der Waals surface area (Å²) < 4.78 is 14.3. The number of aromatic nitrogens is 4. The van der Waals surface area contributed by atoms with Gasteiger partial charge in [0.1, 0.15) is 12.1 Å². The third kappa shape index (κ3) is 3.75. The molecule has 1 N–H and O–H groups in total. The number of nitrogens with zero attached hydrogens (tertiary/aromatic N) is 4.